The van der Waals surface area contributed by atoms with Crippen molar-refractivity contribution in [2.45, 2.75) is 51.9 Å². The summed E-state index contributed by atoms with van der Waals surface area (Å²) in [5, 5.41) is 3.63. The normalized spacial score (nSPS) is 19.0. The molecule has 0 aliphatic carbocycles. The van der Waals surface area contributed by atoms with Gasteiger partial charge in [0.1, 0.15) is 5.60 Å². The van der Waals surface area contributed by atoms with Crippen LogP contribution >= 0.6 is 0 Å². The molecule has 0 saturated carbocycles. The second-order valence-electron chi connectivity index (χ2n) is 8.63. The van der Waals surface area contributed by atoms with E-state index >= 15 is 0 Å². The van der Waals surface area contributed by atoms with Crippen LogP contribution < -0.4 is 5.32 Å². The molecule has 1 amide bonds. The second-order valence-corrected chi connectivity index (χ2v) is 8.63. The number of carbonyl (C=O) groups excluding carboxylic acids is 1. The minimum Gasteiger partial charge on any atom is -0.444 e. The van der Waals surface area contributed by atoms with Gasteiger partial charge in [-0.25, -0.2) is 9.78 Å². The number of rotatable bonds is 3. The zero-order valence-electron chi connectivity index (χ0n) is 17.0. The van der Waals surface area contributed by atoms with Crippen LogP contribution in [0.3, 0.4) is 0 Å². The molecule has 2 aliphatic rings. The smallest absolute Gasteiger partial charge is 0.410 e. The summed E-state index contributed by atoms with van der Waals surface area (Å²) in [5.41, 5.74) is 4.80. The van der Waals surface area contributed by atoms with Crippen LogP contribution in [0.2, 0.25) is 0 Å². The Balaban J connectivity index is 1.64. The van der Waals surface area contributed by atoms with E-state index in [1.165, 1.54) is 0 Å². The van der Waals surface area contributed by atoms with Gasteiger partial charge in [-0.1, -0.05) is 0 Å². The number of hydrogen-bond donors (Lipinski definition) is 1. The van der Waals surface area contributed by atoms with Gasteiger partial charge in [0.25, 0.3) is 0 Å². The molecule has 1 atom stereocenters. The lowest BCUT2D eigenvalue weighted by atomic mass is 10.0. The van der Waals surface area contributed by atoms with Gasteiger partial charge in [0.15, 0.2) is 0 Å². The second kappa shape index (κ2) is 7.13. The number of fused-ring (bicyclic) bond motifs is 1. The summed E-state index contributed by atoms with van der Waals surface area (Å²) >= 11 is 0. The summed E-state index contributed by atoms with van der Waals surface area (Å²) in [4.78, 5) is 18.8. The van der Waals surface area contributed by atoms with E-state index in [1.54, 1.807) is 11.2 Å². The van der Waals surface area contributed by atoms with E-state index in [0.717, 1.165) is 41.1 Å². The van der Waals surface area contributed by atoms with Crippen molar-refractivity contribution >= 4 is 11.8 Å². The van der Waals surface area contributed by atoms with Crippen molar-refractivity contribution in [3.05, 3.63) is 35.8 Å². The summed E-state index contributed by atoms with van der Waals surface area (Å²) in [5.74, 6) is 0. The molecule has 7 nitrogen and oxygen atoms in total. The minimum atomic E-state index is -0.507. The van der Waals surface area contributed by atoms with E-state index in [0.29, 0.717) is 25.7 Å². The van der Waals surface area contributed by atoms with E-state index in [-0.39, 0.29) is 6.09 Å². The van der Waals surface area contributed by atoms with E-state index < -0.39 is 5.60 Å². The molecular formula is C21H28N4O3. The average molecular weight is 384 g/mol. The summed E-state index contributed by atoms with van der Waals surface area (Å²) in [7, 11) is 1.96. The Morgan fingerprint density at radius 2 is 2.14 bits per heavy atom. The number of hydrogen-bond acceptors (Lipinski definition) is 5. The number of aromatic nitrogens is 2. The van der Waals surface area contributed by atoms with Gasteiger partial charge in [0.2, 0.25) is 0 Å². The number of aryl methyl sites for hydroxylation is 1. The quantitative estimate of drug-likeness (QED) is 0.877. The molecule has 2 aliphatic heterocycles. The average Bonchev–Trinajstić information content (AvgIpc) is 3.33. The first-order valence-corrected chi connectivity index (χ1v) is 9.75. The summed E-state index contributed by atoms with van der Waals surface area (Å²) in [6.07, 6.45) is 4.51. The molecule has 0 unspecified atom stereocenters. The third-order valence-electron chi connectivity index (χ3n) is 4.99. The largest absolute Gasteiger partial charge is 0.444 e. The number of anilines is 1. The van der Waals surface area contributed by atoms with E-state index in [9.17, 15) is 4.79 Å². The number of nitrogens with zero attached hydrogens (tertiary/aromatic N) is 3. The van der Waals surface area contributed by atoms with Crippen molar-refractivity contribution < 1.29 is 14.3 Å². The fourth-order valence-corrected chi connectivity index (χ4v) is 3.67. The van der Waals surface area contributed by atoms with Gasteiger partial charge >= 0.3 is 6.09 Å². The maximum Gasteiger partial charge on any atom is 0.410 e. The molecule has 4 rings (SSSR count). The van der Waals surface area contributed by atoms with Crippen molar-refractivity contribution in [2.75, 3.05) is 18.5 Å². The number of nitrogens with one attached hydrogen (secondary N) is 1. The zero-order chi connectivity index (χ0) is 19.9. The lowest BCUT2D eigenvalue weighted by Crippen LogP contribution is -2.33. The van der Waals surface area contributed by atoms with Gasteiger partial charge in [-0.3, -0.25) is 4.90 Å². The Morgan fingerprint density at radius 1 is 1.32 bits per heavy atom. The van der Waals surface area contributed by atoms with Crippen LogP contribution in [0.25, 0.3) is 11.3 Å². The predicted molar refractivity (Wildman–Crippen MR) is 107 cm³/mol. The summed E-state index contributed by atoms with van der Waals surface area (Å²) in [6.45, 7) is 8.24. The lowest BCUT2D eigenvalue weighted by molar-refractivity contribution is 0.0242. The van der Waals surface area contributed by atoms with E-state index in [1.807, 2.05) is 38.6 Å². The summed E-state index contributed by atoms with van der Waals surface area (Å²) < 4.78 is 13.0. The van der Waals surface area contributed by atoms with Gasteiger partial charge in [-0.2, -0.15) is 0 Å². The highest BCUT2D eigenvalue weighted by Gasteiger charge is 2.30. The Morgan fingerprint density at radius 3 is 2.79 bits per heavy atom. The predicted octanol–water partition coefficient (Wildman–Crippen LogP) is 3.54. The zero-order valence-corrected chi connectivity index (χ0v) is 17.0. The third kappa shape index (κ3) is 3.99. The standard InChI is InChI=1S/C21H28N4O3/c1-21(2,3)28-20(26)25-9-15-7-14(19-11-24(4)13-22-19)8-18(17(15)10-25)23-16-5-6-27-12-16/h7-8,11,13,16,23H,5-6,9-10,12H2,1-4H3/t16-/m0/s1. The van der Waals surface area contributed by atoms with E-state index in [4.69, 9.17) is 9.47 Å². The first kappa shape index (κ1) is 18.8. The first-order chi connectivity index (χ1) is 13.3. The maximum absolute atomic E-state index is 12.6. The summed E-state index contributed by atoms with van der Waals surface area (Å²) in [6, 6.07) is 4.56. The molecular weight excluding hydrogens is 356 g/mol. The molecule has 1 aromatic heterocycles. The van der Waals surface area contributed by atoms with Crippen LogP contribution in [0, 0.1) is 0 Å². The number of ether oxygens (including phenoxy) is 2. The van der Waals surface area contributed by atoms with Crippen LogP contribution in [0.15, 0.2) is 24.7 Å². The van der Waals surface area contributed by atoms with Crippen molar-refractivity contribution in [3.63, 3.8) is 0 Å². The molecule has 0 bridgehead atoms. The molecule has 1 aromatic carbocycles. The van der Waals surface area contributed by atoms with Crippen LogP contribution in [0.1, 0.15) is 38.3 Å². The molecule has 28 heavy (non-hydrogen) atoms. The van der Waals surface area contributed by atoms with Gasteiger partial charge in [-0.15, -0.1) is 0 Å². The third-order valence-corrected chi connectivity index (χ3v) is 4.99. The Bertz CT molecular complexity index is 878. The number of imidazole rings is 1. The first-order valence-electron chi connectivity index (χ1n) is 9.75. The molecule has 0 spiro atoms. The van der Waals surface area contributed by atoms with Gasteiger partial charge < -0.3 is 19.4 Å². The van der Waals surface area contributed by atoms with Crippen LogP contribution in [-0.4, -0.2) is 45.4 Å². The number of benzene rings is 1. The minimum absolute atomic E-state index is 0.279. The molecule has 150 valence electrons. The van der Waals surface area contributed by atoms with Crippen LogP contribution in [-0.2, 0) is 29.6 Å². The van der Waals surface area contributed by atoms with Crippen LogP contribution in [0.4, 0.5) is 10.5 Å². The maximum atomic E-state index is 12.6. The Labute approximate surface area is 165 Å². The molecule has 1 fully saturated rings. The van der Waals surface area contributed by atoms with Crippen LogP contribution in [0.5, 0.6) is 0 Å². The SMILES string of the molecule is Cn1cnc(-c2cc3c(c(N[C@H]4CCOC4)c2)CN(C(=O)OC(C)(C)C)C3)c1. The van der Waals surface area contributed by atoms with Crippen molar-refractivity contribution in [1.82, 2.24) is 14.5 Å². The fourth-order valence-electron chi connectivity index (χ4n) is 3.67. The van der Waals surface area contributed by atoms with Gasteiger partial charge in [-0.05, 0) is 50.5 Å². The molecule has 1 N–H and O–H groups in total. The molecule has 3 heterocycles. The fraction of sp³-hybridized carbons (Fsp3) is 0.524. The topological polar surface area (TPSA) is 68.6 Å². The highest BCUT2D eigenvalue weighted by Crippen LogP contribution is 2.35. The Hall–Kier alpha value is -2.54. The molecule has 2 aromatic rings. The van der Waals surface area contributed by atoms with Gasteiger partial charge in [0.05, 0.1) is 31.2 Å². The van der Waals surface area contributed by atoms with Crippen molar-refractivity contribution in [1.29, 1.82) is 0 Å². The number of carbonyl (C=O) groups is 1. The highest BCUT2D eigenvalue weighted by atomic mass is 16.6. The van der Waals surface area contributed by atoms with Crippen molar-refractivity contribution in [2.24, 2.45) is 7.05 Å². The molecule has 1 saturated heterocycles. The lowest BCUT2D eigenvalue weighted by Gasteiger charge is -2.24. The molecule has 0 radical (unpaired) electrons. The highest BCUT2D eigenvalue weighted by molar-refractivity contribution is 5.74. The Kier molecular flexibility index (Phi) is 4.79. The van der Waals surface area contributed by atoms with E-state index in [2.05, 4.69) is 22.4 Å². The van der Waals surface area contributed by atoms with Gasteiger partial charge in [0, 0.05) is 37.6 Å². The van der Waals surface area contributed by atoms with Crippen molar-refractivity contribution in [3.8, 4) is 11.3 Å². The molecule has 7 heteroatoms. The monoisotopic (exact) mass is 384 g/mol. The number of amides is 1.